The number of nitrogens with zero attached hydrogens (tertiary/aromatic N) is 5. The molecule has 0 amide bonds. The highest BCUT2D eigenvalue weighted by Crippen LogP contribution is 2.39. The van der Waals surface area contributed by atoms with E-state index in [0.29, 0.717) is 17.7 Å². The van der Waals surface area contributed by atoms with E-state index in [1.54, 1.807) is 4.57 Å². The van der Waals surface area contributed by atoms with Gasteiger partial charge >= 0.3 is 12.1 Å². The Labute approximate surface area is 128 Å². The lowest BCUT2D eigenvalue weighted by molar-refractivity contribution is -0.187. The van der Waals surface area contributed by atoms with Crippen LogP contribution in [-0.2, 0) is 11.3 Å². The molecule has 1 fully saturated rings. The number of rotatable bonds is 3. The molecule has 10 heteroatoms. The molecule has 0 aliphatic carbocycles. The Morgan fingerprint density at radius 1 is 1.35 bits per heavy atom. The molecule has 0 saturated carbocycles. The first-order chi connectivity index (χ1) is 10.8. The summed E-state index contributed by atoms with van der Waals surface area (Å²) in [6.45, 7) is 1.78. The van der Waals surface area contributed by atoms with Crippen LogP contribution in [-0.4, -0.2) is 49.9 Å². The zero-order valence-electron chi connectivity index (χ0n) is 12.2. The third kappa shape index (κ3) is 2.57. The van der Waals surface area contributed by atoms with E-state index in [2.05, 4.69) is 15.0 Å². The van der Waals surface area contributed by atoms with Crippen molar-refractivity contribution in [2.24, 2.45) is 11.8 Å². The summed E-state index contributed by atoms with van der Waals surface area (Å²) in [5, 5.41) is 9.09. The molecule has 0 spiro atoms. The van der Waals surface area contributed by atoms with Crippen molar-refractivity contribution in [3.05, 3.63) is 12.7 Å². The van der Waals surface area contributed by atoms with Crippen LogP contribution in [0.25, 0.3) is 11.2 Å². The van der Waals surface area contributed by atoms with Gasteiger partial charge in [0.25, 0.3) is 0 Å². The number of imidazole rings is 1. The molecule has 2 atom stereocenters. The molecule has 1 aliphatic rings. The van der Waals surface area contributed by atoms with Crippen molar-refractivity contribution in [3.63, 3.8) is 0 Å². The predicted molar refractivity (Wildman–Crippen MR) is 73.9 cm³/mol. The van der Waals surface area contributed by atoms with E-state index in [4.69, 9.17) is 5.11 Å². The van der Waals surface area contributed by atoms with Crippen molar-refractivity contribution in [2.75, 3.05) is 18.0 Å². The maximum atomic E-state index is 13.1. The Morgan fingerprint density at radius 2 is 2.09 bits per heavy atom. The smallest absolute Gasteiger partial charge is 0.394 e. The highest BCUT2D eigenvalue weighted by Gasteiger charge is 2.53. The van der Waals surface area contributed by atoms with Crippen LogP contribution in [0, 0.1) is 11.8 Å². The summed E-state index contributed by atoms with van der Waals surface area (Å²) in [5.41, 5.74) is 0.890. The second-order valence-electron chi connectivity index (χ2n) is 5.40. The molecular formula is C13H14F3N5O2. The topological polar surface area (TPSA) is 84.1 Å². The van der Waals surface area contributed by atoms with E-state index in [9.17, 15) is 18.0 Å². The number of halogens is 3. The number of carboxylic acids is 1. The summed E-state index contributed by atoms with van der Waals surface area (Å²) < 4.78 is 41.0. The lowest BCUT2D eigenvalue weighted by Gasteiger charge is -2.18. The zero-order valence-corrected chi connectivity index (χ0v) is 12.2. The predicted octanol–water partition coefficient (Wildman–Crippen LogP) is 1.55. The second-order valence-corrected chi connectivity index (χ2v) is 5.40. The van der Waals surface area contributed by atoms with Crippen molar-refractivity contribution in [1.82, 2.24) is 19.5 Å². The number of hydrogen-bond acceptors (Lipinski definition) is 5. The molecule has 0 bridgehead atoms. The number of aromatic nitrogens is 4. The van der Waals surface area contributed by atoms with Gasteiger partial charge in [0.05, 0.1) is 18.2 Å². The molecule has 2 aromatic rings. The Kier molecular flexibility index (Phi) is 3.61. The number of fused-ring (bicyclic) bond motifs is 1. The van der Waals surface area contributed by atoms with Gasteiger partial charge in [-0.25, -0.2) is 15.0 Å². The number of aryl methyl sites for hydroxylation is 1. The lowest BCUT2D eigenvalue weighted by Crippen LogP contribution is -2.33. The van der Waals surface area contributed by atoms with Crippen LogP contribution in [0.5, 0.6) is 0 Å². The standard InChI is InChI=1S/C13H14F3N5O2/c1-2-20-6-19-9-10(20)17-5-18-11(9)21-3-7(12(22)23)8(4-21)13(14,15)16/h5-8H,2-4H2,1H3,(H,22,23)/t7-,8-/m1/s1. The van der Waals surface area contributed by atoms with Gasteiger partial charge in [-0.05, 0) is 6.92 Å². The van der Waals surface area contributed by atoms with E-state index >= 15 is 0 Å². The summed E-state index contributed by atoms with van der Waals surface area (Å²) in [6.07, 6.45) is -1.79. The van der Waals surface area contributed by atoms with Crippen LogP contribution >= 0.6 is 0 Å². The van der Waals surface area contributed by atoms with E-state index in [1.165, 1.54) is 17.6 Å². The molecule has 1 saturated heterocycles. The maximum absolute atomic E-state index is 13.1. The number of alkyl halides is 3. The minimum atomic E-state index is -4.58. The SMILES string of the molecule is CCn1cnc2c(N3C[C@@H](C(F)(F)F)[C@H](C(=O)O)C3)ncnc21. The lowest BCUT2D eigenvalue weighted by atomic mass is 9.96. The van der Waals surface area contributed by atoms with Gasteiger partial charge in [0.15, 0.2) is 17.0 Å². The van der Waals surface area contributed by atoms with E-state index in [0.717, 1.165) is 0 Å². The van der Waals surface area contributed by atoms with Gasteiger partial charge in [0.2, 0.25) is 0 Å². The Balaban J connectivity index is 2.00. The normalized spacial score (nSPS) is 22.0. The molecule has 0 radical (unpaired) electrons. The third-order valence-electron chi connectivity index (χ3n) is 4.08. The zero-order chi connectivity index (χ0) is 16.8. The molecule has 3 rings (SSSR count). The fourth-order valence-corrected chi connectivity index (χ4v) is 2.89. The molecule has 0 aromatic carbocycles. The Bertz CT molecular complexity index is 745. The molecule has 1 N–H and O–H groups in total. The van der Waals surface area contributed by atoms with Crippen molar-refractivity contribution in [2.45, 2.75) is 19.6 Å². The van der Waals surface area contributed by atoms with Crippen LogP contribution < -0.4 is 4.90 Å². The van der Waals surface area contributed by atoms with Crippen LogP contribution in [0.15, 0.2) is 12.7 Å². The second kappa shape index (κ2) is 5.36. The highest BCUT2D eigenvalue weighted by molar-refractivity contribution is 5.84. The van der Waals surface area contributed by atoms with Gasteiger partial charge in [0.1, 0.15) is 6.33 Å². The molecule has 124 valence electrons. The fourth-order valence-electron chi connectivity index (χ4n) is 2.89. The average Bonchev–Trinajstić information content (AvgIpc) is 3.10. The fraction of sp³-hybridized carbons (Fsp3) is 0.538. The van der Waals surface area contributed by atoms with Crippen LogP contribution in [0.4, 0.5) is 19.0 Å². The van der Waals surface area contributed by atoms with Crippen molar-refractivity contribution >= 4 is 23.0 Å². The number of anilines is 1. The Hall–Kier alpha value is -2.39. The van der Waals surface area contributed by atoms with Gasteiger partial charge in [-0.3, -0.25) is 4.79 Å². The molecule has 23 heavy (non-hydrogen) atoms. The van der Waals surface area contributed by atoms with Gasteiger partial charge < -0.3 is 14.6 Å². The third-order valence-corrected chi connectivity index (χ3v) is 4.08. The van der Waals surface area contributed by atoms with Crippen LogP contribution in [0.1, 0.15) is 6.92 Å². The first-order valence-electron chi connectivity index (χ1n) is 7.03. The van der Waals surface area contributed by atoms with Gasteiger partial charge in [-0.1, -0.05) is 0 Å². The number of carbonyl (C=O) groups is 1. The number of aliphatic carboxylic acids is 1. The summed E-state index contributed by atoms with van der Waals surface area (Å²) in [5.74, 6) is -4.68. The number of carboxylic acid groups (broad SMARTS) is 1. The van der Waals surface area contributed by atoms with Crippen LogP contribution in [0.2, 0.25) is 0 Å². The van der Waals surface area contributed by atoms with E-state index < -0.39 is 30.5 Å². The summed E-state index contributed by atoms with van der Waals surface area (Å²) in [4.78, 5) is 24.8. The minimum absolute atomic E-state index is 0.236. The Morgan fingerprint density at radius 3 is 2.65 bits per heavy atom. The first-order valence-corrected chi connectivity index (χ1v) is 7.03. The average molecular weight is 329 g/mol. The highest BCUT2D eigenvalue weighted by atomic mass is 19.4. The molecule has 1 aliphatic heterocycles. The van der Waals surface area contributed by atoms with Gasteiger partial charge in [-0.2, -0.15) is 13.2 Å². The van der Waals surface area contributed by atoms with Gasteiger partial charge in [0, 0.05) is 19.6 Å². The van der Waals surface area contributed by atoms with Crippen molar-refractivity contribution in [1.29, 1.82) is 0 Å². The van der Waals surface area contributed by atoms with Crippen molar-refractivity contribution in [3.8, 4) is 0 Å². The first kappa shape index (κ1) is 15.5. The van der Waals surface area contributed by atoms with E-state index in [1.807, 2.05) is 6.92 Å². The molecular weight excluding hydrogens is 315 g/mol. The monoisotopic (exact) mass is 329 g/mol. The van der Waals surface area contributed by atoms with E-state index in [-0.39, 0.29) is 12.4 Å². The molecule has 7 nitrogen and oxygen atoms in total. The van der Waals surface area contributed by atoms with Gasteiger partial charge in [-0.15, -0.1) is 0 Å². The summed E-state index contributed by atoms with van der Waals surface area (Å²) in [6, 6.07) is 0. The summed E-state index contributed by atoms with van der Waals surface area (Å²) >= 11 is 0. The van der Waals surface area contributed by atoms with Crippen LogP contribution in [0.3, 0.4) is 0 Å². The molecule has 2 aromatic heterocycles. The summed E-state index contributed by atoms with van der Waals surface area (Å²) in [7, 11) is 0. The molecule has 0 unspecified atom stereocenters. The quantitative estimate of drug-likeness (QED) is 0.920. The largest absolute Gasteiger partial charge is 0.481 e. The minimum Gasteiger partial charge on any atom is -0.481 e. The van der Waals surface area contributed by atoms with Crippen molar-refractivity contribution < 1.29 is 23.1 Å². The molecule has 3 heterocycles. The number of hydrogen-bond donors (Lipinski definition) is 1. The maximum Gasteiger partial charge on any atom is 0.394 e.